The van der Waals surface area contributed by atoms with Crippen molar-refractivity contribution in [2.45, 2.75) is 18.1 Å². The highest BCUT2D eigenvalue weighted by atomic mass is 32.2. The molecule has 1 atom stereocenters. The number of carbonyl (C=O) groups excluding carboxylic acids is 2. The maximum Gasteiger partial charge on any atom is 0.269 e. The summed E-state index contributed by atoms with van der Waals surface area (Å²) in [5.74, 6) is -0.185. The van der Waals surface area contributed by atoms with Crippen LogP contribution in [0.25, 0.3) is 0 Å². The lowest BCUT2D eigenvalue weighted by molar-refractivity contribution is -0.384. The number of thioether (sulfide) groups is 1. The van der Waals surface area contributed by atoms with Gasteiger partial charge in [0.2, 0.25) is 5.91 Å². The number of hydrogen-bond donors (Lipinski definition) is 1. The number of non-ortho nitro benzene ring substituents is 1. The van der Waals surface area contributed by atoms with Crippen LogP contribution in [0, 0.1) is 10.1 Å². The monoisotopic (exact) mass is 453 g/mol. The van der Waals surface area contributed by atoms with E-state index in [1.807, 2.05) is 24.7 Å². The normalized spacial score (nSPS) is 11.6. The minimum atomic E-state index is -0.458. The summed E-state index contributed by atoms with van der Waals surface area (Å²) in [5.41, 5.74) is 1.69. The van der Waals surface area contributed by atoms with Gasteiger partial charge < -0.3 is 14.8 Å². The maximum atomic E-state index is 12.9. The van der Waals surface area contributed by atoms with Gasteiger partial charge in [0.25, 0.3) is 11.6 Å². The van der Waals surface area contributed by atoms with Crippen molar-refractivity contribution in [1.82, 2.24) is 14.5 Å². The van der Waals surface area contributed by atoms with E-state index < -0.39 is 4.92 Å². The first-order valence-electron chi connectivity index (χ1n) is 9.78. The molecule has 32 heavy (non-hydrogen) atoms. The summed E-state index contributed by atoms with van der Waals surface area (Å²) in [6.07, 6.45) is 3.49. The van der Waals surface area contributed by atoms with E-state index in [1.54, 1.807) is 49.6 Å². The summed E-state index contributed by atoms with van der Waals surface area (Å²) in [5, 5.41) is 14.6. The number of aromatic nitrogens is 2. The molecule has 0 saturated heterocycles. The Morgan fingerprint density at radius 1 is 1.25 bits per heavy atom. The van der Waals surface area contributed by atoms with Gasteiger partial charge in [-0.15, -0.1) is 0 Å². The van der Waals surface area contributed by atoms with Crippen LogP contribution >= 0.6 is 11.8 Å². The van der Waals surface area contributed by atoms with Crippen LogP contribution in [0.5, 0.6) is 0 Å². The molecule has 1 aromatic heterocycles. The average molecular weight is 454 g/mol. The highest BCUT2D eigenvalue weighted by Gasteiger charge is 2.20. The van der Waals surface area contributed by atoms with E-state index in [9.17, 15) is 19.7 Å². The Bertz CT molecular complexity index is 1130. The molecule has 0 radical (unpaired) electrons. The molecule has 10 heteroatoms. The van der Waals surface area contributed by atoms with E-state index in [2.05, 4.69) is 10.3 Å². The Balaban J connectivity index is 1.60. The lowest BCUT2D eigenvalue weighted by Crippen LogP contribution is -2.29. The zero-order valence-corrected chi connectivity index (χ0v) is 18.7. The number of nitrogens with zero attached hydrogens (tertiary/aromatic N) is 4. The number of benzene rings is 2. The predicted molar refractivity (Wildman–Crippen MR) is 123 cm³/mol. The van der Waals surface area contributed by atoms with Crippen LogP contribution in [0.3, 0.4) is 0 Å². The molecular weight excluding hydrogens is 430 g/mol. The van der Waals surface area contributed by atoms with Crippen LogP contribution in [0.15, 0.2) is 66.1 Å². The molecule has 1 N–H and O–H groups in total. The van der Waals surface area contributed by atoms with Gasteiger partial charge in [-0.1, -0.05) is 23.9 Å². The molecule has 3 aromatic rings. The number of rotatable bonds is 8. The number of aryl methyl sites for hydroxylation is 1. The van der Waals surface area contributed by atoms with Crippen LogP contribution in [0.4, 0.5) is 11.4 Å². The van der Waals surface area contributed by atoms with Gasteiger partial charge in [0.1, 0.15) is 0 Å². The van der Waals surface area contributed by atoms with E-state index in [0.29, 0.717) is 16.8 Å². The average Bonchev–Trinajstić information content (AvgIpc) is 3.21. The Kier molecular flexibility index (Phi) is 7.26. The maximum absolute atomic E-state index is 12.9. The van der Waals surface area contributed by atoms with Gasteiger partial charge in [0.05, 0.1) is 16.7 Å². The van der Waals surface area contributed by atoms with Crippen molar-refractivity contribution in [3.05, 3.63) is 82.2 Å². The molecule has 0 spiro atoms. The van der Waals surface area contributed by atoms with Crippen molar-refractivity contribution >= 4 is 35.0 Å². The predicted octanol–water partition coefficient (Wildman–Crippen LogP) is 3.89. The highest BCUT2D eigenvalue weighted by Crippen LogP contribution is 2.24. The summed E-state index contributed by atoms with van der Waals surface area (Å²) in [6, 6.07) is 12.5. The minimum absolute atomic E-state index is 0.0173. The van der Waals surface area contributed by atoms with E-state index in [4.69, 9.17) is 0 Å². The van der Waals surface area contributed by atoms with Crippen molar-refractivity contribution in [3.8, 4) is 0 Å². The van der Waals surface area contributed by atoms with Crippen molar-refractivity contribution in [3.63, 3.8) is 0 Å². The summed E-state index contributed by atoms with van der Waals surface area (Å²) < 4.78 is 1.84. The Labute approximate surface area is 189 Å². The summed E-state index contributed by atoms with van der Waals surface area (Å²) in [6.45, 7) is 1.81. The number of anilines is 1. The van der Waals surface area contributed by atoms with Crippen molar-refractivity contribution in [1.29, 1.82) is 0 Å². The number of carbonyl (C=O) groups is 2. The number of amides is 2. The Morgan fingerprint density at radius 3 is 2.59 bits per heavy atom. The third kappa shape index (κ3) is 5.52. The van der Waals surface area contributed by atoms with Gasteiger partial charge in [0, 0.05) is 49.9 Å². The number of imidazole rings is 1. The lowest BCUT2D eigenvalue weighted by Gasteiger charge is -2.25. The standard InChI is InChI=1S/C22H23N5O4S/c1-15(17-5-4-6-19(13-17)27(30)31)26(3)21(29)16-7-9-18(10-8-16)24-20(28)14-32-22-23-11-12-25(22)2/h4-13,15H,14H2,1-3H3,(H,24,28). The third-order valence-electron chi connectivity index (χ3n) is 4.99. The van der Waals surface area contributed by atoms with E-state index in [0.717, 1.165) is 5.16 Å². The van der Waals surface area contributed by atoms with Crippen LogP contribution in [-0.4, -0.2) is 44.0 Å². The van der Waals surface area contributed by atoms with Gasteiger partial charge in [-0.3, -0.25) is 19.7 Å². The van der Waals surface area contributed by atoms with Crippen LogP contribution in [0.2, 0.25) is 0 Å². The second-order valence-electron chi connectivity index (χ2n) is 7.18. The van der Waals surface area contributed by atoms with Crippen molar-refractivity contribution < 1.29 is 14.5 Å². The van der Waals surface area contributed by atoms with Gasteiger partial charge in [-0.2, -0.15) is 0 Å². The molecule has 0 bridgehead atoms. The second kappa shape index (κ2) is 10.1. The van der Waals surface area contributed by atoms with Gasteiger partial charge in [-0.25, -0.2) is 4.98 Å². The van der Waals surface area contributed by atoms with E-state index in [1.165, 1.54) is 28.8 Å². The van der Waals surface area contributed by atoms with Gasteiger partial charge in [0.15, 0.2) is 5.16 Å². The van der Waals surface area contributed by atoms with Crippen LogP contribution in [-0.2, 0) is 11.8 Å². The SMILES string of the molecule is CC(c1cccc([N+](=O)[O-])c1)N(C)C(=O)c1ccc(NC(=O)CSc2nccn2C)cc1. The zero-order chi connectivity index (χ0) is 23.3. The number of nitro benzene ring substituents is 1. The number of nitro groups is 1. The molecule has 1 heterocycles. The van der Waals surface area contributed by atoms with E-state index >= 15 is 0 Å². The topological polar surface area (TPSA) is 110 Å². The third-order valence-corrected chi connectivity index (χ3v) is 6.05. The van der Waals surface area contributed by atoms with Gasteiger partial charge in [-0.05, 0) is 36.8 Å². The molecule has 0 aliphatic heterocycles. The molecule has 0 fully saturated rings. The second-order valence-corrected chi connectivity index (χ2v) is 8.12. The molecule has 0 aliphatic rings. The summed E-state index contributed by atoms with van der Waals surface area (Å²) in [7, 11) is 3.51. The molecule has 1 unspecified atom stereocenters. The van der Waals surface area contributed by atoms with Crippen molar-refractivity contribution in [2.75, 3.05) is 18.1 Å². The Hall–Kier alpha value is -3.66. The fraction of sp³-hybridized carbons (Fsp3) is 0.227. The minimum Gasteiger partial charge on any atom is -0.335 e. The zero-order valence-electron chi connectivity index (χ0n) is 17.9. The first-order valence-corrected chi connectivity index (χ1v) is 10.8. The first kappa shape index (κ1) is 23.0. The molecule has 0 saturated carbocycles. The first-order chi connectivity index (χ1) is 15.3. The van der Waals surface area contributed by atoms with Gasteiger partial charge >= 0.3 is 0 Å². The fourth-order valence-corrected chi connectivity index (χ4v) is 3.75. The Morgan fingerprint density at radius 2 is 1.97 bits per heavy atom. The number of hydrogen-bond acceptors (Lipinski definition) is 6. The fourth-order valence-electron chi connectivity index (χ4n) is 3.02. The molecular formula is C22H23N5O4S. The van der Waals surface area contributed by atoms with E-state index in [-0.39, 0.29) is 29.3 Å². The molecule has 2 aromatic carbocycles. The summed E-state index contributed by atoms with van der Waals surface area (Å²) >= 11 is 1.33. The highest BCUT2D eigenvalue weighted by molar-refractivity contribution is 7.99. The molecule has 166 valence electrons. The van der Waals surface area contributed by atoms with Crippen LogP contribution < -0.4 is 5.32 Å². The largest absolute Gasteiger partial charge is 0.335 e. The smallest absolute Gasteiger partial charge is 0.269 e. The molecule has 3 rings (SSSR count). The van der Waals surface area contributed by atoms with Crippen molar-refractivity contribution in [2.24, 2.45) is 7.05 Å². The summed E-state index contributed by atoms with van der Waals surface area (Å²) in [4.78, 5) is 41.3. The van der Waals surface area contributed by atoms with Crippen LogP contribution in [0.1, 0.15) is 28.9 Å². The molecule has 0 aliphatic carbocycles. The molecule has 9 nitrogen and oxygen atoms in total. The quantitative estimate of drug-likeness (QED) is 0.315. The lowest BCUT2D eigenvalue weighted by atomic mass is 10.1. The number of nitrogens with one attached hydrogen (secondary N) is 1. The molecule has 2 amide bonds.